The average Bonchev–Trinajstić information content (AvgIpc) is 2.59. The quantitative estimate of drug-likeness (QED) is 0.855. The van der Waals surface area contributed by atoms with E-state index < -0.39 is 0 Å². The molecule has 0 aromatic heterocycles. The Labute approximate surface area is 146 Å². The lowest BCUT2D eigenvalue weighted by Crippen LogP contribution is -2.44. The second kappa shape index (κ2) is 6.50. The van der Waals surface area contributed by atoms with Crippen molar-refractivity contribution in [1.29, 1.82) is 0 Å². The molecule has 1 aromatic rings. The van der Waals surface area contributed by atoms with Crippen molar-refractivity contribution in [3.05, 3.63) is 23.8 Å². The van der Waals surface area contributed by atoms with Crippen LogP contribution in [0.3, 0.4) is 0 Å². The van der Waals surface area contributed by atoms with E-state index in [9.17, 15) is 14.4 Å². The highest BCUT2D eigenvalue weighted by Gasteiger charge is 2.33. The SMILES string of the molecule is O=C1COc2ccc(C(=O)C3CCN(C(=O)C4CCC4)CC3)cc2N1. The summed E-state index contributed by atoms with van der Waals surface area (Å²) in [6.07, 6.45) is 4.60. The van der Waals surface area contributed by atoms with E-state index in [0.29, 0.717) is 42.9 Å². The van der Waals surface area contributed by atoms with Gasteiger partial charge in [0.1, 0.15) is 5.75 Å². The summed E-state index contributed by atoms with van der Waals surface area (Å²) in [5, 5.41) is 2.74. The number of hydrogen-bond donors (Lipinski definition) is 1. The Morgan fingerprint density at radius 1 is 1.08 bits per heavy atom. The zero-order valence-corrected chi connectivity index (χ0v) is 14.1. The first kappa shape index (κ1) is 16.1. The number of carbonyl (C=O) groups excluding carboxylic acids is 3. The van der Waals surface area contributed by atoms with Gasteiger partial charge in [-0.1, -0.05) is 6.42 Å². The molecule has 2 aliphatic heterocycles. The number of likely N-dealkylation sites (tertiary alicyclic amines) is 1. The minimum Gasteiger partial charge on any atom is -0.482 e. The number of carbonyl (C=O) groups is 3. The molecule has 1 saturated carbocycles. The summed E-state index contributed by atoms with van der Waals surface area (Å²) >= 11 is 0. The second-order valence-electron chi connectivity index (χ2n) is 7.14. The molecule has 3 aliphatic rings. The van der Waals surface area contributed by atoms with Crippen LogP contribution in [-0.4, -0.2) is 42.2 Å². The van der Waals surface area contributed by atoms with E-state index in [1.54, 1.807) is 18.2 Å². The van der Waals surface area contributed by atoms with Crippen LogP contribution in [0, 0.1) is 11.8 Å². The van der Waals surface area contributed by atoms with Crippen molar-refractivity contribution in [2.24, 2.45) is 11.8 Å². The maximum Gasteiger partial charge on any atom is 0.262 e. The first-order valence-electron chi connectivity index (χ1n) is 9.01. The Morgan fingerprint density at radius 2 is 1.84 bits per heavy atom. The number of ether oxygens (including phenoxy) is 1. The molecule has 2 fully saturated rings. The van der Waals surface area contributed by atoms with Gasteiger partial charge in [0.15, 0.2) is 12.4 Å². The molecule has 6 nitrogen and oxygen atoms in total. The van der Waals surface area contributed by atoms with E-state index in [2.05, 4.69) is 5.32 Å². The van der Waals surface area contributed by atoms with E-state index in [0.717, 1.165) is 19.3 Å². The predicted octanol–water partition coefficient (Wildman–Crippen LogP) is 2.24. The summed E-state index contributed by atoms with van der Waals surface area (Å²) in [5.41, 5.74) is 1.15. The van der Waals surface area contributed by atoms with Crippen molar-refractivity contribution in [2.45, 2.75) is 32.1 Å². The highest BCUT2D eigenvalue weighted by atomic mass is 16.5. The fourth-order valence-electron chi connectivity index (χ4n) is 3.75. The monoisotopic (exact) mass is 342 g/mol. The summed E-state index contributed by atoms with van der Waals surface area (Å²) in [6.45, 7) is 1.33. The van der Waals surface area contributed by atoms with Gasteiger partial charge in [-0.2, -0.15) is 0 Å². The molecule has 1 aliphatic carbocycles. The molecule has 0 radical (unpaired) electrons. The van der Waals surface area contributed by atoms with Gasteiger partial charge in [0.05, 0.1) is 5.69 Å². The molecule has 2 amide bonds. The van der Waals surface area contributed by atoms with Crippen LogP contribution >= 0.6 is 0 Å². The smallest absolute Gasteiger partial charge is 0.262 e. The normalized spacial score (nSPS) is 21.0. The predicted molar refractivity (Wildman–Crippen MR) is 91.5 cm³/mol. The molecule has 0 spiro atoms. The Morgan fingerprint density at radius 3 is 2.52 bits per heavy atom. The lowest BCUT2D eigenvalue weighted by atomic mass is 9.83. The lowest BCUT2D eigenvalue weighted by molar-refractivity contribution is -0.139. The zero-order valence-electron chi connectivity index (χ0n) is 14.1. The maximum atomic E-state index is 12.8. The molecule has 0 bridgehead atoms. The third-order valence-corrected chi connectivity index (χ3v) is 5.53. The Bertz CT molecular complexity index is 718. The fraction of sp³-hybridized carbons (Fsp3) is 0.526. The van der Waals surface area contributed by atoms with Gasteiger partial charge in [-0.05, 0) is 43.9 Å². The number of amides is 2. The number of anilines is 1. The number of nitrogens with zero attached hydrogens (tertiary/aromatic N) is 1. The van der Waals surface area contributed by atoms with E-state index in [4.69, 9.17) is 4.74 Å². The van der Waals surface area contributed by atoms with E-state index >= 15 is 0 Å². The van der Waals surface area contributed by atoms with Crippen LogP contribution in [0.4, 0.5) is 5.69 Å². The topological polar surface area (TPSA) is 75.7 Å². The maximum absolute atomic E-state index is 12.8. The van der Waals surface area contributed by atoms with Gasteiger partial charge in [0.25, 0.3) is 5.91 Å². The molecule has 0 unspecified atom stereocenters. The van der Waals surface area contributed by atoms with Crippen molar-refractivity contribution in [3.8, 4) is 5.75 Å². The lowest BCUT2D eigenvalue weighted by Gasteiger charge is -2.36. The summed E-state index contributed by atoms with van der Waals surface area (Å²) in [7, 11) is 0. The molecule has 1 saturated heterocycles. The molecule has 25 heavy (non-hydrogen) atoms. The molecule has 1 aromatic carbocycles. The minimum absolute atomic E-state index is 0.00771. The van der Waals surface area contributed by atoms with Crippen LogP contribution in [-0.2, 0) is 9.59 Å². The third kappa shape index (κ3) is 3.13. The summed E-state index contributed by atoms with van der Waals surface area (Å²) in [4.78, 5) is 38.5. The standard InChI is InChI=1S/C19H22N2O4/c22-17-11-25-16-5-4-14(10-15(16)20-17)18(23)12-6-8-21(9-7-12)19(24)13-2-1-3-13/h4-5,10,12-13H,1-3,6-9,11H2,(H,20,22). The van der Waals surface area contributed by atoms with Gasteiger partial charge in [0, 0.05) is 30.5 Å². The molecule has 4 rings (SSSR count). The molecular weight excluding hydrogens is 320 g/mol. The number of hydrogen-bond acceptors (Lipinski definition) is 4. The summed E-state index contributed by atoms with van der Waals surface area (Å²) < 4.78 is 5.33. The largest absolute Gasteiger partial charge is 0.482 e. The number of rotatable bonds is 3. The fourth-order valence-corrected chi connectivity index (χ4v) is 3.75. The van der Waals surface area contributed by atoms with Crippen molar-refractivity contribution < 1.29 is 19.1 Å². The number of Topliss-reactive ketones (excluding diaryl/α,β-unsaturated/α-hetero) is 1. The van der Waals surface area contributed by atoms with Gasteiger partial charge < -0.3 is 15.0 Å². The van der Waals surface area contributed by atoms with E-state index in [-0.39, 0.29) is 36.0 Å². The number of piperidine rings is 1. The molecule has 6 heteroatoms. The van der Waals surface area contributed by atoms with Gasteiger partial charge >= 0.3 is 0 Å². The second-order valence-corrected chi connectivity index (χ2v) is 7.14. The Balaban J connectivity index is 1.39. The highest BCUT2D eigenvalue weighted by Crippen LogP contribution is 2.32. The molecule has 1 N–H and O–H groups in total. The Hall–Kier alpha value is -2.37. The van der Waals surface area contributed by atoms with Crippen LogP contribution in [0.25, 0.3) is 0 Å². The average molecular weight is 342 g/mol. The summed E-state index contributed by atoms with van der Waals surface area (Å²) in [5.74, 6) is 0.890. The van der Waals surface area contributed by atoms with Gasteiger partial charge in [0.2, 0.25) is 5.91 Å². The van der Waals surface area contributed by atoms with Crippen molar-refractivity contribution in [2.75, 3.05) is 25.0 Å². The summed E-state index contributed by atoms with van der Waals surface area (Å²) in [6, 6.07) is 5.18. The van der Waals surface area contributed by atoms with E-state index in [1.807, 2.05) is 4.90 Å². The van der Waals surface area contributed by atoms with Crippen LogP contribution in [0.2, 0.25) is 0 Å². The van der Waals surface area contributed by atoms with Crippen LogP contribution in [0.1, 0.15) is 42.5 Å². The molecule has 2 heterocycles. The van der Waals surface area contributed by atoms with Crippen LogP contribution in [0.5, 0.6) is 5.75 Å². The van der Waals surface area contributed by atoms with Crippen LogP contribution < -0.4 is 10.1 Å². The molecule has 132 valence electrons. The van der Waals surface area contributed by atoms with Gasteiger partial charge in [-0.15, -0.1) is 0 Å². The molecule has 0 atom stereocenters. The first-order chi connectivity index (χ1) is 12.1. The van der Waals surface area contributed by atoms with Crippen LogP contribution in [0.15, 0.2) is 18.2 Å². The first-order valence-corrected chi connectivity index (χ1v) is 9.01. The number of fused-ring (bicyclic) bond motifs is 1. The number of benzene rings is 1. The van der Waals surface area contributed by atoms with Crippen molar-refractivity contribution in [1.82, 2.24) is 4.90 Å². The Kier molecular flexibility index (Phi) is 4.19. The van der Waals surface area contributed by atoms with Crippen molar-refractivity contribution in [3.63, 3.8) is 0 Å². The number of ketones is 1. The minimum atomic E-state index is -0.208. The van der Waals surface area contributed by atoms with Crippen molar-refractivity contribution >= 4 is 23.3 Å². The zero-order chi connectivity index (χ0) is 17.4. The third-order valence-electron chi connectivity index (χ3n) is 5.53. The molecular formula is C19H22N2O4. The van der Waals surface area contributed by atoms with Gasteiger partial charge in [-0.25, -0.2) is 0 Å². The highest BCUT2D eigenvalue weighted by molar-refractivity contribution is 6.01. The number of nitrogens with one attached hydrogen (secondary N) is 1. The van der Waals surface area contributed by atoms with E-state index in [1.165, 1.54) is 0 Å². The van der Waals surface area contributed by atoms with Gasteiger partial charge in [-0.3, -0.25) is 14.4 Å².